The lowest BCUT2D eigenvalue weighted by Gasteiger charge is -2.23. The summed E-state index contributed by atoms with van der Waals surface area (Å²) >= 11 is 33.6. The fourth-order valence-corrected chi connectivity index (χ4v) is 8.16. The van der Waals surface area contributed by atoms with Crippen LogP contribution in [0, 0.1) is 14.3 Å². The largest absolute Gasteiger partial charge is 0.545 e. The lowest BCUT2D eigenvalue weighted by molar-refractivity contribution is -0.254. The predicted octanol–water partition coefficient (Wildman–Crippen LogP) is 7.46. The van der Waals surface area contributed by atoms with Gasteiger partial charge in [0.1, 0.15) is 9.15 Å². The highest BCUT2D eigenvalue weighted by atomic mass is 127. The molecule has 1 heterocycles. The lowest BCUT2D eigenvalue weighted by Crippen LogP contribution is -2.24. The van der Waals surface area contributed by atoms with Crippen LogP contribution in [0.15, 0.2) is 21.3 Å². The molecule has 2 aromatic rings. The van der Waals surface area contributed by atoms with Crippen molar-refractivity contribution < 1.29 is 14.3 Å². The van der Waals surface area contributed by atoms with E-state index in [1.807, 2.05) is 51.2 Å². The Morgan fingerprint density at radius 1 is 0.879 bits per heavy atom. The number of carboxylic acids is 1. The van der Waals surface area contributed by atoms with Crippen LogP contribution < -0.4 is 15.8 Å². The molecule has 0 spiro atoms. The Labute approximate surface area is 263 Å². The van der Waals surface area contributed by atoms with Crippen LogP contribution in [-0.2, 0) is 0 Å². The molecule has 13 heteroatoms. The molecule has 2 aromatic carbocycles. The third-order valence-corrected chi connectivity index (χ3v) is 12.1. The number of carbonyl (C=O) groups excluding carboxylic acids is 1. The van der Waals surface area contributed by atoms with Crippen molar-refractivity contribution in [3.8, 4) is 22.5 Å². The first-order chi connectivity index (χ1) is 15.4. The minimum absolute atomic E-state index is 0.0372. The molecule has 0 aromatic heterocycles. The molecule has 33 heavy (non-hydrogen) atoms. The maximum absolute atomic E-state index is 12.7. The van der Waals surface area contributed by atoms with Gasteiger partial charge >= 0.3 is 0 Å². The summed E-state index contributed by atoms with van der Waals surface area (Å²) in [7, 11) is 2.65. The Balaban J connectivity index is 2.43. The summed E-state index contributed by atoms with van der Waals surface area (Å²) in [6.07, 6.45) is 0. The van der Waals surface area contributed by atoms with Crippen molar-refractivity contribution >= 4 is 168 Å². The number of fused-ring (bicyclic) bond motifs is 2. The summed E-state index contributed by atoms with van der Waals surface area (Å²) in [5, 5.41) is 13.0. The second-order valence-electron chi connectivity index (χ2n) is 6.61. The van der Waals surface area contributed by atoms with Gasteiger partial charge < -0.3 is 14.3 Å². The summed E-state index contributed by atoms with van der Waals surface area (Å²) in [5.41, 5.74) is 0.745. The molecule has 0 N–H and O–H groups in total. The molecule has 0 saturated heterocycles. The number of hydrogen-bond acceptors (Lipinski definition) is 4. The third-order valence-electron chi connectivity index (χ3n) is 4.80. The van der Waals surface area contributed by atoms with E-state index in [0.29, 0.717) is 29.2 Å². The van der Waals surface area contributed by atoms with Gasteiger partial charge in [-0.3, -0.25) is 4.79 Å². The highest BCUT2D eigenvalue weighted by molar-refractivity contribution is 14.1. The number of hydrogen-bond donors (Lipinski definition) is 0. The van der Waals surface area contributed by atoms with E-state index in [4.69, 9.17) is 50.8 Å². The van der Waals surface area contributed by atoms with Gasteiger partial charge in [-0.25, -0.2) is 0 Å². The fraction of sp³-hybridized carbons (Fsp3) is 0. The second-order valence-corrected chi connectivity index (χ2v) is 13.2. The molecule has 0 amide bonds. The number of aromatic carboxylic acids is 1. The molecule has 4 rings (SSSR count). The average molecular weight is 989 g/mol. The van der Waals surface area contributed by atoms with Gasteiger partial charge in [0.2, 0.25) is 5.43 Å². The van der Waals surface area contributed by atoms with E-state index in [-0.39, 0.29) is 36.8 Å². The Morgan fingerprint density at radius 3 is 2.09 bits per heavy atom. The molecule has 1 aliphatic carbocycles. The summed E-state index contributed by atoms with van der Waals surface area (Å²) in [6, 6.07) is 3.47. The van der Waals surface area contributed by atoms with Gasteiger partial charge in [0.15, 0.2) is 5.76 Å². The molecule has 1 unspecified atom stereocenters. The zero-order chi connectivity index (χ0) is 24.5. The third kappa shape index (κ3) is 4.42. The minimum atomic E-state index is -1.57. The monoisotopic (exact) mass is 986 g/mol. The van der Waals surface area contributed by atoms with Crippen molar-refractivity contribution in [3.05, 3.63) is 62.3 Å². The first kappa shape index (κ1) is 27.2. The van der Waals surface area contributed by atoms with Crippen LogP contribution in [0.3, 0.4) is 0 Å². The Hall–Kier alpha value is 1.11. The van der Waals surface area contributed by atoms with E-state index in [1.165, 1.54) is 0 Å². The summed E-state index contributed by atoms with van der Waals surface area (Å²) < 4.78 is 8.64. The quantitative estimate of drug-likeness (QED) is 0.0689. The maximum Gasteiger partial charge on any atom is 0.209 e. The van der Waals surface area contributed by atoms with Crippen molar-refractivity contribution in [2.45, 2.75) is 0 Å². The SMILES string of the molecule is O=C([O-])c1c(Cl)c(Cl)c(Cl)c(Cl)c1-c1c2cc(I)c(=O)c(I)c-2oc2c(I)c(P)c(I)cc12. The maximum atomic E-state index is 12.7. The lowest BCUT2D eigenvalue weighted by atomic mass is 9.90. The molecule has 0 radical (unpaired) electrons. The van der Waals surface area contributed by atoms with Crippen molar-refractivity contribution in [2.24, 2.45) is 0 Å². The van der Waals surface area contributed by atoms with Gasteiger partial charge in [-0.15, -0.1) is 9.24 Å². The van der Waals surface area contributed by atoms with E-state index in [2.05, 4.69) is 54.4 Å². The van der Waals surface area contributed by atoms with Crippen LogP contribution >= 0.6 is 146 Å². The standard InChI is InChI=1S/C20H5Cl4I4O4P/c21-10-8(9(20(30)31)11(22)13(24)12(10)23)7-3-1-5(25)16(29)14(27)17(3)32-18-4(7)2-6(26)19(33)15(18)28/h1-2H,33H2,(H,30,31)/p-1. The minimum Gasteiger partial charge on any atom is -0.545 e. The zero-order valence-corrected chi connectivity index (χ0v) is 28.2. The van der Waals surface area contributed by atoms with Gasteiger partial charge in [0.25, 0.3) is 0 Å². The van der Waals surface area contributed by atoms with E-state index < -0.39 is 11.5 Å². The molecule has 1 aliphatic heterocycles. The number of carbonyl (C=O) groups is 1. The molecule has 2 aliphatic rings. The van der Waals surface area contributed by atoms with Crippen LogP contribution in [0.4, 0.5) is 0 Å². The molecule has 0 saturated carbocycles. The van der Waals surface area contributed by atoms with Gasteiger partial charge in [0, 0.05) is 36.5 Å². The molecule has 4 nitrogen and oxygen atoms in total. The summed E-state index contributed by atoms with van der Waals surface area (Å²) in [6.45, 7) is 0. The summed E-state index contributed by atoms with van der Waals surface area (Å²) in [5.74, 6) is -1.29. The Bertz CT molecular complexity index is 1570. The fourth-order valence-electron chi connectivity index (χ4n) is 3.34. The van der Waals surface area contributed by atoms with E-state index in [1.54, 1.807) is 6.07 Å². The zero-order valence-electron chi connectivity index (χ0n) is 15.4. The highest BCUT2D eigenvalue weighted by Crippen LogP contribution is 2.51. The van der Waals surface area contributed by atoms with Crippen LogP contribution in [0.2, 0.25) is 20.1 Å². The number of rotatable bonds is 2. The topological polar surface area (TPSA) is 70.3 Å². The molecular weight excluding hydrogens is 985 g/mol. The van der Waals surface area contributed by atoms with Crippen molar-refractivity contribution in [1.29, 1.82) is 0 Å². The Kier molecular flexibility index (Phi) is 8.32. The van der Waals surface area contributed by atoms with E-state index >= 15 is 0 Å². The molecule has 1 atom stereocenters. The van der Waals surface area contributed by atoms with Crippen molar-refractivity contribution in [1.82, 2.24) is 0 Å². The first-order valence-corrected chi connectivity index (χ1v) is 14.9. The second kappa shape index (κ2) is 10.1. The molecule has 0 bridgehead atoms. The summed E-state index contributed by atoms with van der Waals surface area (Å²) in [4.78, 5) is 24.9. The molecular formula is C20H4Cl4I4O4P-. The molecule has 0 fully saturated rings. The van der Waals surface area contributed by atoms with Gasteiger partial charge in [0.05, 0.1) is 33.2 Å². The van der Waals surface area contributed by atoms with Crippen LogP contribution in [-0.4, -0.2) is 5.97 Å². The predicted molar refractivity (Wildman–Crippen MR) is 169 cm³/mol. The van der Waals surface area contributed by atoms with Crippen molar-refractivity contribution in [3.63, 3.8) is 0 Å². The molecule has 170 valence electrons. The number of halogens is 8. The van der Waals surface area contributed by atoms with Crippen LogP contribution in [0.5, 0.6) is 0 Å². The average Bonchev–Trinajstić information content (AvgIpc) is 2.76. The van der Waals surface area contributed by atoms with Crippen LogP contribution in [0.25, 0.3) is 33.4 Å². The Morgan fingerprint density at radius 2 is 1.48 bits per heavy atom. The van der Waals surface area contributed by atoms with Gasteiger partial charge in [-0.2, -0.15) is 0 Å². The van der Waals surface area contributed by atoms with Gasteiger partial charge in [-0.05, 0) is 102 Å². The van der Waals surface area contributed by atoms with E-state index in [0.717, 1.165) is 12.4 Å². The van der Waals surface area contributed by atoms with E-state index in [9.17, 15) is 14.7 Å². The number of benzene rings is 3. The first-order valence-electron chi connectivity index (χ1n) is 8.48. The highest BCUT2D eigenvalue weighted by Gasteiger charge is 2.30. The van der Waals surface area contributed by atoms with Crippen LogP contribution in [0.1, 0.15) is 10.4 Å². The van der Waals surface area contributed by atoms with Crippen molar-refractivity contribution in [2.75, 3.05) is 0 Å². The number of carboxylic acid groups (broad SMARTS) is 1. The van der Waals surface area contributed by atoms with Gasteiger partial charge in [-0.1, -0.05) is 46.4 Å². The smallest absolute Gasteiger partial charge is 0.209 e. The normalized spacial score (nSPS) is 11.5.